The zero-order valence-corrected chi connectivity index (χ0v) is 20.1. The van der Waals surface area contributed by atoms with Gasteiger partial charge >= 0.3 is 0 Å². The minimum atomic E-state index is -0.556. The third kappa shape index (κ3) is 4.10. The first-order chi connectivity index (χ1) is 15.6. The van der Waals surface area contributed by atoms with Crippen LogP contribution >= 0.6 is 23.8 Å². The Bertz CT molecular complexity index is 1380. The summed E-state index contributed by atoms with van der Waals surface area (Å²) in [6, 6.07) is 11.9. The second-order valence-corrected chi connectivity index (χ2v) is 8.78. The molecule has 5 nitrogen and oxygen atoms in total. The molecule has 0 atom stereocenters. The average Bonchev–Trinajstić information content (AvgIpc) is 3.03. The summed E-state index contributed by atoms with van der Waals surface area (Å²) in [5.74, 6) is -1.56. The molecule has 0 bridgehead atoms. The van der Waals surface area contributed by atoms with Crippen molar-refractivity contribution in [3.63, 3.8) is 0 Å². The molecule has 2 heterocycles. The van der Waals surface area contributed by atoms with Crippen molar-refractivity contribution in [1.29, 1.82) is 0 Å². The molecule has 2 amide bonds. The van der Waals surface area contributed by atoms with Gasteiger partial charge in [-0.15, -0.1) is 0 Å². The first-order valence-electron chi connectivity index (χ1n) is 10.2. The van der Waals surface area contributed by atoms with Crippen LogP contribution in [0.2, 0.25) is 5.02 Å². The Morgan fingerprint density at radius 3 is 2.33 bits per heavy atom. The van der Waals surface area contributed by atoms with E-state index in [-0.39, 0.29) is 15.7 Å². The van der Waals surface area contributed by atoms with Gasteiger partial charge in [0, 0.05) is 17.1 Å². The number of aromatic nitrogens is 1. The van der Waals surface area contributed by atoms with E-state index in [1.807, 2.05) is 50.5 Å². The Hall–Kier alpha value is -3.29. The predicted octanol–water partition coefficient (Wildman–Crippen LogP) is 5.33. The standard InChI is InChI=1S/C25H21ClFN3O2S/c1-13-5-6-18(9-14(13)2)30-24(32)20(23(31)28-25(30)33)11-17-10-15(3)29(16(17)4)19-7-8-22(27)21(26)12-19/h5-12H,1-4H3,(H,28,31,33)/b20-11+. The van der Waals surface area contributed by atoms with Gasteiger partial charge in [0.05, 0.1) is 10.7 Å². The Kier molecular flexibility index (Phi) is 5.95. The van der Waals surface area contributed by atoms with Gasteiger partial charge in [0.1, 0.15) is 11.4 Å². The number of nitrogens with zero attached hydrogens (tertiary/aromatic N) is 2. The van der Waals surface area contributed by atoms with Crippen molar-refractivity contribution in [2.75, 3.05) is 4.90 Å². The second-order valence-electron chi connectivity index (χ2n) is 7.99. The first kappa shape index (κ1) is 22.9. The summed E-state index contributed by atoms with van der Waals surface area (Å²) in [7, 11) is 0. The lowest BCUT2D eigenvalue weighted by Crippen LogP contribution is -2.54. The van der Waals surface area contributed by atoms with E-state index in [0.29, 0.717) is 16.9 Å². The fourth-order valence-electron chi connectivity index (χ4n) is 3.87. The maximum absolute atomic E-state index is 13.6. The topological polar surface area (TPSA) is 54.3 Å². The van der Waals surface area contributed by atoms with E-state index < -0.39 is 17.6 Å². The maximum atomic E-state index is 13.6. The second kappa shape index (κ2) is 8.57. The highest BCUT2D eigenvalue weighted by Crippen LogP contribution is 2.28. The van der Waals surface area contributed by atoms with Crippen LogP contribution in [0.15, 0.2) is 48.0 Å². The number of hydrogen-bond donors (Lipinski definition) is 1. The molecule has 4 rings (SSSR count). The third-order valence-corrected chi connectivity index (χ3v) is 6.36. The van der Waals surface area contributed by atoms with E-state index in [9.17, 15) is 14.0 Å². The van der Waals surface area contributed by atoms with Gasteiger partial charge in [0.2, 0.25) is 0 Å². The van der Waals surface area contributed by atoms with Crippen LogP contribution in [0, 0.1) is 33.5 Å². The maximum Gasteiger partial charge on any atom is 0.270 e. The van der Waals surface area contributed by atoms with Crippen LogP contribution in [0.4, 0.5) is 10.1 Å². The number of thiocarbonyl (C=S) groups is 1. The minimum Gasteiger partial charge on any atom is -0.318 e. The molecule has 1 saturated heterocycles. The van der Waals surface area contributed by atoms with E-state index in [2.05, 4.69) is 5.32 Å². The summed E-state index contributed by atoms with van der Waals surface area (Å²) in [4.78, 5) is 27.4. The molecule has 1 aromatic heterocycles. The largest absolute Gasteiger partial charge is 0.318 e. The monoisotopic (exact) mass is 481 g/mol. The number of carbonyl (C=O) groups excluding carboxylic acids is 2. The van der Waals surface area contributed by atoms with Gasteiger partial charge in [-0.1, -0.05) is 17.7 Å². The number of aryl methyl sites for hydroxylation is 3. The highest BCUT2D eigenvalue weighted by molar-refractivity contribution is 7.80. The summed E-state index contributed by atoms with van der Waals surface area (Å²) in [6.45, 7) is 7.66. The van der Waals surface area contributed by atoms with Crippen molar-refractivity contribution < 1.29 is 14.0 Å². The highest BCUT2D eigenvalue weighted by atomic mass is 35.5. The van der Waals surface area contributed by atoms with Gasteiger partial charge in [0.25, 0.3) is 11.8 Å². The molecule has 1 aliphatic heterocycles. The number of hydrogen-bond acceptors (Lipinski definition) is 3. The number of halogens is 2. The minimum absolute atomic E-state index is 0.0132. The molecule has 1 aliphatic rings. The van der Waals surface area contributed by atoms with Crippen LogP contribution < -0.4 is 10.2 Å². The fourth-order valence-corrected chi connectivity index (χ4v) is 4.32. The van der Waals surface area contributed by atoms with Crippen molar-refractivity contribution >= 4 is 52.5 Å². The number of rotatable bonds is 3. The summed E-state index contributed by atoms with van der Waals surface area (Å²) < 4.78 is 15.5. The van der Waals surface area contributed by atoms with Crippen LogP contribution in [0.1, 0.15) is 28.1 Å². The van der Waals surface area contributed by atoms with Crippen LogP contribution in [0.5, 0.6) is 0 Å². The SMILES string of the molecule is Cc1ccc(N2C(=O)/C(=C/c3cc(C)n(-c4ccc(F)c(Cl)c4)c3C)C(=O)NC2=S)cc1C. The molecule has 0 unspecified atom stereocenters. The van der Waals surface area contributed by atoms with Gasteiger partial charge in [-0.2, -0.15) is 0 Å². The van der Waals surface area contributed by atoms with Crippen LogP contribution in [0.3, 0.4) is 0 Å². The molecule has 33 heavy (non-hydrogen) atoms. The van der Waals surface area contributed by atoms with E-state index >= 15 is 0 Å². The Morgan fingerprint density at radius 2 is 1.67 bits per heavy atom. The van der Waals surface area contributed by atoms with E-state index in [0.717, 1.165) is 22.5 Å². The third-order valence-electron chi connectivity index (χ3n) is 5.78. The van der Waals surface area contributed by atoms with E-state index in [1.165, 1.54) is 17.0 Å². The van der Waals surface area contributed by atoms with Crippen molar-refractivity contribution in [3.05, 3.63) is 87.0 Å². The van der Waals surface area contributed by atoms with Gasteiger partial charge in [-0.3, -0.25) is 19.8 Å². The lowest BCUT2D eigenvalue weighted by molar-refractivity contribution is -0.122. The summed E-state index contributed by atoms with van der Waals surface area (Å²) >= 11 is 11.3. The molecule has 168 valence electrons. The zero-order valence-electron chi connectivity index (χ0n) is 18.5. The number of carbonyl (C=O) groups is 2. The number of anilines is 1. The fraction of sp³-hybridized carbons (Fsp3) is 0.160. The van der Waals surface area contributed by atoms with E-state index in [4.69, 9.17) is 23.8 Å². The predicted molar refractivity (Wildman–Crippen MR) is 132 cm³/mol. The molecule has 1 fully saturated rings. The van der Waals surface area contributed by atoms with Crippen molar-refractivity contribution in [2.45, 2.75) is 27.7 Å². The van der Waals surface area contributed by atoms with Crippen molar-refractivity contribution in [3.8, 4) is 5.69 Å². The van der Waals surface area contributed by atoms with Crippen LogP contribution in [-0.2, 0) is 9.59 Å². The Labute approximate surface area is 201 Å². The van der Waals surface area contributed by atoms with Crippen LogP contribution in [-0.4, -0.2) is 21.5 Å². The van der Waals surface area contributed by atoms with Gasteiger partial charge in [-0.05, 0) is 99.1 Å². The highest BCUT2D eigenvalue weighted by Gasteiger charge is 2.34. The van der Waals surface area contributed by atoms with Gasteiger partial charge in [0.15, 0.2) is 5.11 Å². The molecule has 0 aliphatic carbocycles. The molecule has 0 saturated carbocycles. The van der Waals surface area contributed by atoms with E-state index in [1.54, 1.807) is 18.2 Å². The number of amides is 2. The summed E-state index contributed by atoms with van der Waals surface area (Å²) in [6.07, 6.45) is 1.55. The summed E-state index contributed by atoms with van der Waals surface area (Å²) in [5.41, 5.74) is 5.62. The normalized spacial score (nSPS) is 15.4. The lowest BCUT2D eigenvalue weighted by Gasteiger charge is -2.29. The number of benzene rings is 2. The molecule has 3 aromatic rings. The zero-order chi connectivity index (χ0) is 24.0. The molecule has 1 N–H and O–H groups in total. The lowest BCUT2D eigenvalue weighted by atomic mass is 10.1. The summed E-state index contributed by atoms with van der Waals surface area (Å²) in [5, 5.41) is 2.66. The van der Waals surface area contributed by atoms with Crippen molar-refractivity contribution in [2.24, 2.45) is 0 Å². The smallest absolute Gasteiger partial charge is 0.270 e. The number of nitrogens with one attached hydrogen (secondary N) is 1. The van der Waals surface area contributed by atoms with Gasteiger partial charge < -0.3 is 4.57 Å². The Balaban J connectivity index is 1.77. The first-order valence-corrected chi connectivity index (χ1v) is 11.0. The quantitative estimate of drug-likeness (QED) is 0.312. The van der Waals surface area contributed by atoms with Gasteiger partial charge in [-0.25, -0.2) is 4.39 Å². The molecule has 0 spiro atoms. The average molecular weight is 482 g/mol. The molecular formula is C25H21ClFN3O2S. The molecular weight excluding hydrogens is 461 g/mol. The van der Waals surface area contributed by atoms with Crippen molar-refractivity contribution in [1.82, 2.24) is 9.88 Å². The molecule has 0 radical (unpaired) electrons. The molecule has 8 heteroatoms. The molecule has 2 aromatic carbocycles. The van der Waals surface area contributed by atoms with Crippen LogP contribution in [0.25, 0.3) is 11.8 Å². The Morgan fingerprint density at radius 1 is 0.970 bits per heavy atom.